The summed E-state index contributed by atoms with van der Waals surface area (Å²) in [5.41, 5.74) is 5.52. The summed E-state index contributed by atoms with van der Waals surface area (Å²) in [6.07, 6.45) is 0. The van der Waals surface area contributed by atoms with Crippen LogP contribution in [0.1, 0.15) is 0 Å². The van der Waals surface area contributed by atoms with Crippen molar-refractivity contribution >= 4 is 128 Å². The van der Waals surface area contributed by atoms with Crippen molar-refractivity contribution in [3.63, 3.8) is 0 Å². The monoisotopic (exact) mass is 723 g/mol. The van der Waals surface area contributed by atoms with E-state index in [0.29, 0.717) is 11.4 Å². The van der Waals surface area contributed by atoms with E-state index in [1.165, 1.54) is 72.7 Å². The summed E-state index contributed by atoms with van der Waals surface area (Å²) in [6, 6.07) is 54.3. The van der Waals surface area contributed by atoms with Gasteiger partial charge < -0.3 is 4.42 Å². The third-order valence-corrected chi connectivity index (χ3v) is 13.7. The molecule has 13 aromatic rings. The molecule has 13 rings (SSSR count). The van der Waals surface area contributed by atoms with Crippen LogP contribution in [0.4, 0.5) is 0 Å². The third kappa shape index (κ3) is 3.71. The topological polar surface area (TPSA) is 43.9 Å². The summed E-state index contributed by atoms with van der Waals surface area (Å²) in [5, 5.41) is 13.4. The minimum absolute atomic E-state index is 0.678. The Morgan fingerprint density at radius 3 is 2.07 bits per heavy atom. The van der Waals surface area contributed by atoms with Gasteiger partial charge in [-0.1, -0.05) is 121 Å². The molecule has 0 bridgehead atoms. The number of benzene rings is 8. The Kier molecular flexibility index (Phi) is 5.63. The van der Waals surface area contributed by atoms with Gasteiger partial charge in [0, 0.05) is 67.5 Å². The van der Waals surface area contributed by atoms with Gasteiger partial charge in [0.15, 0.2) is 17.2 Å². The van der Waals surface area contributed by atoms with Gasteiger partial charge in [-0.15, -0.1) is 22.7 Å². The maximum Gasteiger partial charge on any atom is 0.197 e. The van der Waals surface area contributed by atoms with Gasteiger partial charge in [-0.25, -0.2) is 9.97 Å². The molecule has 4 nitrogen and oxygen atoms in total. The van der Waals surface area contributed by atoms with Crippen molar-refractivity contribution in [3.05, 3.63) is 152 Å². The van der Waals surface area contributed by atoms with Gasteiger partial charge in [0.25, 0.3) is 0 Å². The van der Waals surface area contributed by atoms with E-state index in [1.807, 2.05) is 23.5 Å². The van der Waals surface area contributed by atoms with E-state index in [4.69, 9.17) is 14.4 Å². The molecule has 0 aliphatic rings. The minimum atomic E-state index is 0.678. The molecule has 5 aromatic heterocycles. The lowest BCUT2D eigenvalue weighted by atomic mass is 9.99. The van der Waals surface area contributed by atoms with Crippen LogP contribution in [-0.2, 0) is 0 Å². The highest BCUT2D eigenvalue weighted by Gasteiger charge is 2.27. The summed E-state index contributed by atoms with van der Waals surface area (Å²) in [5.74, 6) is 1.43. The van der Waals surface area contributed by atoms with E-state index in [9.17, 15) is 0 Å². The first-order valence-electron chi connectivity index (χ1n) is 18.1. The highest BCUT2D eigenvalue weighted by atomic mass is 32.1. The minimum Gasteiger partial charge on any atom is -0.450 e. The van der Waals surface area contributed by atoms with Crippen LogP contribution in [0.15, 0.2) is 156 Å². The Bertz CT molecular complexity index is 3750. The number of rotatable bonds is 2. The van der Waals surface area contributed by atoms with Crippen LogP contribution in [0.5, 0.6) is 0 Å². The zero-order valence-corrected chi connectivity index (χ0v) is 30.1. The number of thiophene rings is 2. The number of fused-ring (bicyclic) bond motifs is 18. The van der Waals surface area contributed by atoms with Gasteiger partial charge >= 0.3 is 0 Å². The van der Waals surface area contributed by atoms with Crippen LogP contribution in [0.2, 0.25) is 0 Å². The number of para-hydroxylation sites is 2. The first kappa shape index (κ1) is 28.9. The van der Waals surface area contributed by atoms with Gasteiger partial charge in [0.1, 0.15) is 11.1 Å². The molecule has 0 unspecified atom stereocenters. The normalized spacial score (nSPS) is 12.4. The Labute approximate surface area is 314 Å². The van der Waals surface area contributed by atoms with Gasteiger partial charge in [0.2, 0.25) is 0 Å². The highest BCUT2D eigenvalue weighted by molar-refractivity contribution is 7.28. The molecule has 0 fully saturated rings. The van der Waals surface area contributed by atoms with E-state index in [-0.39, 0.29) is 0 Å². The molecule has 5 heterocycles. The lowest BCUT2D eigenvalue weighted by molar-refractivity contribution is 0.662. The number of aromatic nitrogens is 3. The molecular formula is C48H25N3OS2. The van der Waals surface area contributed by atoms with Crippen molar-refractivity contribution in [1.29, 1.82) is 0 Å². The summed E-state index contributed by atoms with van der Waals surface area (Å²) in [7, 11) is 0. The Balaban J connectivity index is 1.27. The van der Waals surface area contributed by atoms with Gasteiger partial charge in [-0.05, 0) is 46.5 Å². The number of furan rings is 1. The Hall–Kier alpha value is -6.60. The molecule has 0 amide bonds. The highest BCUT2D eigenvalue weighted by Crippen LogP contribution is 2.50. The van der Waals surface area contributed by atoms with E-state index >= 15 is 0 Å². The second-order valence-electron chi connectivity index (χ2n) is 14.0. The standard InChI is InChI=1S/C48H25N3OS2/c1-2-13-27-26(12-1)24-25-34-40-42-39(29-15-3-4-16-31(29)46(40)54-44(27)34)32-17-5-8-21-36(32)51(42)48-43-41(33-18-6-9-22-37(33)52-43)49-47(50-48)35-20-11-19-30-28-14-7-10-23-38(28)53-45(30)35/h1-25H. The zero-order valence-electron chi connectivity index (χ0n) is 28.5. The SMILES string of the molecule is c1ccc2c(c1)ccc1c2sc2c3ccccc3c3c4ccccc4n(-c4nc(-c5cccc6c5sc5ccccc56)nc5c4oc4ccccc45)c3c12. The molecule has 0 aliphatic heterocycles. The second kappa shape index (κ2) is 10.5. The molecule has 0 saturated heterocycles. The maximum absolute atomic E-state index is 6.82. The summed E-state index contributed by atoms with van der Waals surface area (Å²) in [4.78, 5) is 11.0. The molecule has 54 heavy (non-hydrogen) atoms. The van der Waals surface area contributed by atoms with E-state index in [1.54, 1.807) is 11.3 Å². The lowest BCUT2D eigenvalue weighted by Gasteiger charge is -2.12. The van der Waals surface area contributed by atoms with E-state index < -0.39 is 0 Å². The van der Waals surface area contributed by atoms with Crippen molar-refractivity contribution in [2.45, 2.75) is 0 Å². The van der Waals surface area contributed by atoms with Crippen molar-refractivity contribution in [1.82, 2.24) is 14.5 Å². The average molecular weight is 724 g/mol. The van der Waals surface area contributed by atoms with E-state index in [0.717, 1.165) is 38.9 Å². The lowest BCUT2D eigenvalue weighted by Crippen LogP contribution is -2.02. The number of nitrogens with zero attached hydrogens (tertiary/aromatic N) is 3. The van der Waals surface area contributed by atoms with Crippen molar-refractivity contribution in [2.24, 2.45) is 0 Å². The zero-order chi connectivity index (χ0) is 35.1. The Morgan fingerprint density at radius 1 is 0.463 bits per heavy atom. The first-order chi connectivity index (χ1) is 26.8. The second-order valence-corrected chi connectivity index (χ2v) is 16.1. The Morgan fingerprint density at radius 2 is 1.17 bits per heavy atom. The van der Waals surface area contributed by atoms with Crippen molar-refractivity contribution < 1.29 is 4.42 Å². The van der Waals surface area contributed by atoms with Crippen molar-refractivity contribution in [3.8, 4) is 17.2 Å². The summed E-state index contributed by atoms with van der Waals surface area (Å²) in [6.45, 7) is 0. The fourth-order valence-electron chi connectivity index (χ4n) is 8.89. The molecule has 0 aliphatic carbocycles. The average Bonchev–Trinajstić information content (AvgIpc) is 4.00. The van der Waals surface area contributed by atoms with Gasteiger partial charge in [-0.3, -0.25) is 4.57 Å². The fourth-order valence-corrected chi connectivity index (χ4v) is 11.5. The number of hydrogen-bond donors (Lipinski definition) is 0. The van der Waals surface area contributed by atoms with Crippen LogP contribution in [0.3, 0.4) is 0 Å². The summed E-state index contributed by atoms with van der Waals surface area (Å²) < 4.78 is 14.2. The molecule has 0 N–H and O–H groups in total. The largest absolute Gasteiger partial charge is 0.450 e. The number of hydrogen-bond acceptors (Lipinski definition) is 5. The molecular weight excluding hydrogens is 699 g/mol. The molecule has 0 spiro atoms. The predicted octanol–water partition coefficient (Wildman–Crippen LogP) is 14.2. The van der Waals surface area contributed by atoms with Crippen LogP contribution >= 0.6 is 22.7 Å². The summed E-state index contributed by atoms with van der Waals surface area (Å²) >= 11 is 3.69. The van der Waals surface area contributed by atoms with Crippen LogP contribution < -0.4 is 0 Å². The molecule has 0 saturated carbocycles. The quantitative estimate of drug-likeness (QED) is 0.178. The predicted molar refractivity (Wildman–Crippen MR) is 230 cm³/mol. The molecule has 0 atom stereocenters. The van der Waals surface area contributed by atoms with Crippen LogP contribution in [0, 0.1) is 0 Å². The van der Waals surface area contributed by atoms with Crippen molar-refractivity contribution in [2.75, 3.05) is 0 Å². The van der Waals surface area contributed by atoms with E-state index in [2.05, 4.69) is 144 Å². The molecule has 250 valence electrons. The van der Waals surface area contributed by atoms with Crippen LogP contribution in [0.25, 0.3) is 123 Å². The van der Waals surface area contributed by atoms with Crippen LogP contribution in [-0.4, -0.2) is 14.5 Å². The third-order valence-electron chi connectivity index (χ3n) is 11.2. The molecule has 6 heteroatoms. The first-order valence-corrected chi connectivity index (χ1v) is 19.7. The molecule has 8 aromatic carbocycles. The smallest absolute Gasteiger partial charge is 0.197 e. The molecule has 0 radical (unpaired) electrons. The van der Waals surface area contributed by atoms with Gasteiger partial charge in [0.05, 0.1) is 11.0 Å². The maximum atomic E-state index is 6.82. The van der Waals surface area contributed by atoms with Gasteiger partial charge in [-0.2, -0.15) is 0 Å². The fraction of sp³-hybridized carbons (Fsp3) is 0.